The van der Waals surface area contributed by atoms with Crippen molar-refractivity contribution in [2.24, 2.45) is 11.8 Å². The molecule has 2 nitrogen and oxygen atoms in total. The Morgan fingerprint density at radius 2 is 1.52 bits per heavy atom. The van der Waals surface area contributed by atoms with E-state index in [1.165, 1.54) is 12.8 Å². The molecule has 0 aliphatic rings. The van der Waals surface area contributed by atoms with Gasteiger partial charge in [-0.3, -0.25) is 4.90 Å². The van der Waals surface area contributed by atoms with Gasteiger partial charge in [0.2, 0.25) is 0 Å². The first-order chi connectivity index (χ1) is 9.99. The van der Waals surface area contributed by atoms with Gasteiger partial charge < -0.3 is 5.11 Å². The van der Waals surface area contributed by atoms with E-state index in [2.05, 4.69) is 39.5 Å². The highest BCUT2D eigenvalue weighted by Crippen LogP contribution is 2.24. The smallest absolute Gasteiger partial charge is 0.0827 e. The summed E-state index contributed by atoms with van der Waals surface area (Å²) in [5.41, 5.74) is 1.03. The van der Waals surface area contributed by atoms with E-state index in [1.807, 2.05) is 30.3 Å². The van der Waals surface area contributed by atoms with Gasteiger partial charge in [0.15, 0.2) is 0 Å². The van der Waals surface area contributed by atoms with Crippen molar-refractivity contribution in [2.75, 3.05) is 13.1 Å². The van der Waals surface area contributed by atoms with E-state index in [9.17, 15) is 5.11 Å². The second-order valence-corrected chi connectivity index (χ2v) is 6.65. The lowest BCUT2D eigenvalue weighted by Gasteiger charge is -2.35. The zero-order valence-corrected chi connectivity index (χ0v) is 14.4. The van der Waals surface area contributed by atoms with Crippen LogP contribution >= 0.6 is 0 Å². The van der Waals surface area contributed by atoms with Gasteiger partial charge in [-0.1, -0.05) is 65.0 Å². The van der Waals surface area contributed by atoms with Gasteiger partial charge >= 0.3 is 0 Å². The van der Waals surface area contributed by atoms with Gasteiger partial charge in [-0.15, -0.1) is 0 Å². The minimum Gasteiger partial charge on any atom is -0.388 e. The van der Waals surface area contributed by atoms with Gasteiger partial charge in [0.05, 0.1) is 6.10 Å². The van der Waals surface area contributed by atoms with Gasteiger partial charge in [0.25, 0.3) is 0 Å². The summed E-state index contributed by atoms with van der Waals surface area (Å²) >= 11 is 0. The summed E-state index contributed by atoms with van der Waals surface area (Å²) in [5.74, 6) is 0.901. The molecule has 0 saturated heterocycles. The molecule has 1 aromatic carbocycles. The zero-order valence-electron chi connectivity index (χ0n) is 14.4. The number of nitrogens with zero attached hydrogens (tertiary/aromatic N) is 1. The molecule has 1 N–H and O–H groups in total. The average molecular weight is 291 g/mol. The molecule has 0 saturated carbocycles. The molecule has 0 aliphatic heterocycles. The Hall–Kier alpha value is -0.860. The Morgan fingerprint density at radius 3 is 2.00 bits per heavy atom. The molecule has 2 atom stereocenters. The second-order valence-electron chi connectivity index (χ2n) is 6.65. The number of hydrogen-bond donors (Lipinski definition) is 1. The van der Waals surface area contributed by atoms with E-state index in [4.69, 9.17) is 0 Å². The van der Waals surface area contributed by atoms with Crippen LogP contribution in [0.1, 0.15) is 59.1 Å². The fourth-order valence-electron chi connectivity index (χ4n) is 3.10. The van der Waals surface area contributed by atoms with Crippen LogP contribution in [0.25, 0.3) is 0 Å². The lowest BCUT2D eigenvalue weighted by Crippen LogP contribution is -2.41. The van der Waals surface area contributed by atoms with Crippen LogP contribution in [0.2, 0.25) is 0 Å². The molecule has 1 aromatic rings. The molecule has 0 spiro atoms. The average Bonchev–Trinajstić information content (AvgIpc) is 2.47. The van der Waals surface area contributed by atoms with Crippen molar-refractivity contribution >= 4 is 0 Å². The summed E-state index contributed by atoms with van der Waals surface area (Å²) in [6, 6.07) is 10.7. The molecule has 2 unspecified atom stereocenters. The maximum Gasteiger partial charge on any atom is 0.0827 e. The Balaban J connectivity index is 2.72. The maximum absolute atomic E-state index is 10.6. The van der Waals surface area contributed by atoms with Crippen LogP contribution in [-0.2, 0) is 0 Å². The summed E-state index contributed by atoms with van der Waals surface area (Å²) in [6.07, 6.45) is 1.98. The molecular formula is C19H33NO. The SMILES string of the molecule is CCC(CC)N(CC(C)C)CC(C)C(O)c1ccccc1. The standard InChI is InChI=1S/C19H33NO/c1-6-18(7-2)20(13-15(3)4)14-16(5)19(21)17-11-9-8-10-12-17/h8-12,15-16,18-19,21H,6-7,13-14H2,1-5H3. The van der Waals surface area contributed by atoms with E-state index in [-0.39, 0.29) is 12.0 Å². The third-order valence-electron chi connectivity index (χ3n) is 4.26. The fraction of sp³-hybridized carbons (Fsp3) is 0.684. The highest BCUT2D eigenvalue weighted by Gasteiger charge is 2.23. The van der Waals surface area contributed by atoms with Crippen molar-refractivity contribution < 1.29 is 5.11 Å². The molecule has 0 aliphatic carbocycles. The van der Waals surface area contributed by atoms with E-state index in [1.54, 1.807) is 0 Å². The number of benzene rings is 1. The number of aliphatic hydroxyl groups is 1. The molecular weight excluding hydrogens is 258 g/mol. The van der Waals surface area contributed by atoms with Crippen LogP contribution < -0.4 is 0 Å². The van der Waals surface area contributed by atoms with Crippen LogP contribution in [-0.4, -0.2) is 29.1 Å². The van der Waals surface area contributed by atoms with Gasteiger partial charge in [0, 0.05) is 19.1 Å². The Kier molecular flexibility index (Phi) is 7.98. The summed E-state index contributed by atoms with van der Waals surface area (Å²) < 4.78 is 0. The van der Waals surface area contributed by atoms with Crippen LogP contribution in [0.15, 0.2) is 30.3 Å². The normalized spacial score (nSPS) is 14.9. The first-order valence-electron chi connectivity index (χ1n) is 8.46. The Labute approximate surface area is 131 Å². The summed E-state index contributed by atoms with van der Waals surface area (Å²) in [6.45, 7) is 13.3. The molecule has 0 fully saturated rings. The summed E-state index contributed by atoms with van der Waals surface area (Å²) in [5, 5.41) is 10.6. The largest absolute Gasteiger partial charge is 0.388 e. The number of rotatable bonds is 9. The highest BCUT2D eigenvalue weighted by atomic mass is 16.3. The van der Waals surface area contributed by atoms with Crippen LogP contribution in [0.5, 0.6) is 0 Å². The fourth-order valence-corrected chi connectivity index (χ4v) is 3.10. The van der Waals surface area contributed by atoms with E-state index < -0.39 is 0 Å². The van der Waals surface area contributed by atoms with Crippen molar-refractivity contribution in [3.63, 3.8) is 0 Å². The third-order valence-corrected chi connectivity index (χ3v) is 4.26. The number of hydrogen-bond acceptors (Lipinski definition) is 2. The topological polar surface area (TPSA) is 23.5 Å². The van der Waals surface area contributed by atoms with Gasteiger partial charge in [-0.05, 0) is 30.2 Å². The van der Waals surface area contributed by atoms with Crippen LogP contribution in [0.4, 0.5) is 0 Å². The van der Waals surface area contributed by atoms with Crippen molar-refractivity contribution in [3.8, 4) is 0 Å². The minimum absolute atomic E-state index is 0.242. The molecule has 120 valence electrons. The minimum atomic E-state index is -0.379. The van der Waals surface area contributed by atoms with Crippen molar-refractivity contribution in [2.45, 2.75) is 59.6 Å². The van der Waals surface area contributed by atoms with E-state index in [0.717, 1.165) is 18.7 Å². The first kappa shape index (κ1) is 18.2. The van der Waals surface area contributed by atoms with Crippen molar-refractivity contribution in [1.82, 2.24) is 4.90 Å². The second kappa shape index (κ2) is 9.22. The monoisotopic (exact) mass is 291 g/mol. The lowest BCUT2D eigenvalue weighted by atomic mass is 9.95. The van der Waals surface area contributed by atoms with Crippen molar-refractivity contribution in [3.05, 3.63) is 35.9 Å². The predicted molar refractivity (Wildman–Crippen MR) is 91.3 cm³/mol. The Bertz CT molecular complexity index is 372. The molecule has 0 heterocycles. The van der Waals surface area contributed by atoms with Crippen LogP contribution in [0.3, 0.4) is 0 Å². The molecule has 0 bridgehead atoms. The molecule has 0 aromatic heterocycles. The van der Waals surface area contributed by atoms with Gasteiger partial charge in [-0.2, -0.15) is 0 Å². The summed E-state index contributed by atoms with van der Waals surface area (Å²) in [7, 11) is 0. The van der Waals surface area contributed by atoms with E-state index >= 15 is 0 Å². The molecule has 21 heavy (non-hydrogen) atoms. The highest BCUT2D eigenvalue weighted by molar-refractivity contribution is 5.17. The van der Waals surface area contributed by atoms with E-state index in [0.29, 0.717) is 12.0 Å². The molecule has 2 heteroatoms. The zero-order chi connectivity index (χ0) is 15.8. The quantitative estimate of drug-likeness (QED) is 0.724. The predicted octanol–water partition coefficient (Wildman–Crippen LogP) is 4.50. The molecule has 1 rings (SSSR count). The number of aliphatic hydroxyl groups excluding tert-OH is 1. The Morgan fingerprint density at radius 1 is 0.952 bits per heavy atom. The first-order valence-corrected chi connectivity index (χ1v) is 8.46. The lowest BCUT2D eigenvalue weighted by molar-refractivity contribution is 0.0654. The van der Waals surface area contributed by atoms with Crippen LogP contribution in [0, 0.1) is 11.8 Å². The third kappa shape index (κ3) is 5.80. The molecule has 0 radical (unpaired) electrons. The summed E-state index contributed by atoms with van der Waals surface area (Å²) in [4.78, 5) is 2.57. The molecule has 0 amide bonds. The van der Waals surface area contributed by atoms with Gasteiger partial charge in [0.1, 0.15) is 0 Å². The maximum atomic E-state index is 10.6. The van der Waals surface area contributed by atoms with Gasteiger partial charge in [-0.25, -0.2) is 0 Å². The van der Waals surface area contributed by atoms with Crippen molar-refractivity contribution in [1.29, 1.82) is 0 Å².